The van der Waals surface area contributed by atoms with Crippen LogP contribution < -0.4 is 14.8 Å². The van der Waals surface area contributed by atoms with Gasteiger partial charge in [0.1, 0.15) is 17.3 Å². The van der Waals surface area contributed by atoms with Gasteiger partial charge in [0.25, 0.3) is 0 Å². The molecule has 1 aromatic heterocycles. The Kier molecular flexibility index (Phi) is 6.50. The molecule has 3 aromatic rings. The highest BCUT2D eigenvalue weighted by atomic mass is 32.2. The van der Waals surface area contributed by atoms with Gasteiger partial charge < -0.3 is 14.8 Å². The second kappa shape index (κ2) is 9.08. The summed E-state index contributed by atoms with van der Waals surface area (Å²) in [5.74, 6) is 0.701. The second-order valence-corrected chi connectivity index (χ2v) is 6.91. The SMILES string of the molecule is COc1ccc(-n2c(C)nnc2SCC(=O)Nc2ccc(OC(F)(F)F)cc2)cc1. The van der Waals surface area contributed by atoms with E-state index in [1.807, 2.05) is 24.3 Å². The summed E-state index contributed by atoms with van der Waals surface area (Å²) in [5, 5.41) is 11.3. The van der Waals surface area contributed by atoms with Crippen molar-refractivity contribution in [1.29, 1.82) is 0 Å². The molecular weight excluding hydrogens is 421 g/mol. The summed E-state index contributed by atoms with van der Waals surface area (Å²) in [6.07, 6.45) is -4.76. The maximum atomic E-state index is 12.2. The first-order valence-electron chi connectivity index (χ1n) is 8.60. The van der Waals surface area contributed by atoms with Crippen LogP contribution in [0.5, 0.6) is 11.5 Å². The van der Waals surface area contributed by atoms with Gasteiger partial charge in [-0.25, -0.2) is 0 Å². The highest BCUT2D eigenvalue weighted by molar-refractivity contribution is 7.99. The number of hydrogen-bond donors (Lipinski definition) is 1. The summed E-state index contributed by atoms with van der Waals surface area (Å²) >= 11 is 1.18. The number of thioether (sulfide) groups is 1. The number of alkyl halides is 3. The predicted molar refractivity (Wildman–Crippen MR) is 105 cm³/mol. The lowest BCUT2D eigenvalue weighted by atomic mass is 10.3. The molecule has 1 heterocycles. The smallest absolute Gasteiger partial charge is 0.497 e. The minimum Gasteiger partial charge on any atom is -0.497 e. The van der Waals surface area contributed by atoms with E-state index in [1.165, 1.54) is 23.9 Å². The molecule has 0 atom stereocenters. The van der Waals surface area contributed by atoms with Crippen molar-refractivity contribution in [2.45, 2.75) is 18.4 Å². The molecule has 0 bridgehead atoms. The Morgan fingerprint density at radius 2 is 1.70 bits per heavy atom. The number of aryl methyl sites for hydroxylation is 1. The normalized spacial score (nSPS) is 11.2. The number of carbonyl (C=O) groups excluding carboxylic acids is 1. The molecule has 0 saturated carbocycles. The Balaban J connectivity index is 1.61. The van der Waals surface area contributed by atoms with Crippen molar-refractivity contribution in [3.05, 3.63) is 54.4 Å². The van der Waals surface area contributed by atoms with Gasteiger partial charge in [-0.05, 0) is 55.5 Å². The fourth-order valence-corrected chi connectivity index (χ4v) is 3.33. The van der Waals surface area contributed by atoms with E-state index in [4.69, 9.17) is 4.74 Å². The van der Waals surface area contributed by atoms with Crippen LogP contribution in [0.25, 0.3) is 5.69 Å². The topological polar surface area (TPSA) is 78.3 Å². The number of benzene rings is 2. The van der Waals surface area contributed by atoms with Crippen molar-refractivity contribution in [2.24, 2.45) is 0 Å². The van der Waals surface area contributed by atoms with E-state index >= 15 is 0 Å². The molecule has 30 heavy (non-hydrogen) atoms. The van der Waals surface area contributed by atoms with E-state index in [9.17, 15) is 18.0 Å². The van der Waals surface area contributed by atoms with E-state index in [0.717, 1.165) is 17.8 Å². The third-order valence-electron chi connectivity index (χ3n) is 3.83. The van der Waals surface area contributed by atoms with Crippen molar-refractivity contribution in [3.63, 3.8) is 0 Å². The molecule has 11 heteroatoms. The van der Waals surface area contributed by atoms with Crippen molar-refractivity contribution in [3.8, 4) is 17.2 Å². The van der Waals surface area contributed by atoms with Gasteiger partial charge in [0.15, 0.2) is 5.16 Å². The van der Waals surface area contributed by atoms with Gasteiger partial charge in [-0.1, -0.05) is 11.8 Å². The average molecular weight is 438 g/mol. The number of halogens is 3. The zero-order valence-electron chi connectivity index (χ0n) is 15.9. The van der Waals surface area contributed by atoms with Crippen LogP contribution in [0, 0.1) is 6.92 Å². The highest BCUT2D eigenvalue weighted by Crippen LogP contribution is 2.25. The van der Waals surface area contributed by atoms with Crippen LogP contribution in [0.2, 0.25) is 0 Å². The Hall–Kier alpha value is -3.21. The molecule has 7 nitrogen and oxygen atoms in total. The van der Waals surface area contributed by atoms with Gasteiger partial charge in [-0.2, -0.15) is 0 Å². The molecular formula is C19H17F3N4O3S. The Morgan fingerprint density at radius 3 is 2.30 bits per heavy atom. The monoisotopic (exact) mass is 438 g/mol. The van der Waals surface area contributed by atoms with Crippen molar-refractivity contribution in [1.82, 2.24) is 14.8 Å². The highest BCUT2D eigenvalue weighted by Gasteiger charge is 2.30. The zero-order valence-corrected chi connectivity index (χ0v) is 16.8. The van der Waals surface area contributed by atoms with Gasteiger partial charge >= 0.3 is 6.36 Å². The van der Waals surface area contributed by atoms with Crippen molar-refractivity contribution < 1.29 is 27.4 Å². The number of methoxy groups -OCH3 is 1. The van der Waals surface area contributed by atoms with Crippen LogP contribution in [0.4, 0.5) is 18.9 Å². The van der Waals surface area contributed by atoms with Crippen LogP contribution in [0.3, 0.4) is 0 Å². The molecule has 0 radical (unpaired) electrons. The molecule has 0 fully saturated rings. The lowest BCUT2D eigenvalue weighted by Crippen LogP contribution is -2.17. The minimum atomic E-state index is -4.76. The fraction of sp³-hybridized carbons (Fsp3) is 0.211. The average Bonchev–Trinajstić information content (AvgIpc) is 3.07. The third kappa shape index (κ3) is 5.66. The second-order valence-electron chi connectivity index (χ2n) is 5.97. The first-order chi connectivity index (χ1) is 14.2. The quantitative estimate of drug-likeness (QED) is 0.557. The van der Waals surface area contributed by atoms with Gasteiger partial charge in [-0.15, -0.1) is 23.4 Å². The van der Waals surface area contributed by atoms with Gasteiger partial charge in [-0.3, -0.25) is 9.36 Å². The molecule has 158 valence electrons. The van der Waals surface area contributed by atoms with Crippen LogP contribution >= 0.6 is 11.8 Å². The number of anilines is 1. The summed E-state index contributed by atoms with van der Waals surface area (Å²) in [6, 6.07) is 12.2. The minimum absolute atomic E-state index is 0.0368. The molecule has 0 unspecified atom stereocenters. The fourth-order valence-electron chi connectivity index (χ4n) is 2.53. The van der Waals surface area contributed by atoms with E-state index in [2.05, 4.69) is 20.3 Å². The van der Waals surface area contributed by atoms with Gasteiger partial charge in [0.2, 0.25) is 5.91 Å². The Labute approximate surface area is 174 Å². The van der Waals surface area contributed by atoms with E-state index in [-0.39, 0.29) is 17.4 Å². The zero-order chi connectivity index (χ0) is 21.7. The number of rotatable bonds is 7. The van der Waals surface area contributed by atoms with E-state index < -0.39 is 6.36 Å². The molecule has 1 N–H and O–H groups in total. The number of carbonyl (C=O) groups is 1. The van der Waals surface area contributed by atoms with E-state index in [0.29, 0.717) is 22.4 Å². The number of aromatic nitrogens is 3. The molecule has 3 rings (SSSR count). The first kappa shape index (κ1) is 21.5. The maximum absolute atomic E-state index is 12.2. The number of nitrogens with zero attached hydrogens (tertiary/aromatic N) is 3. The summed E-state index contributed by atoms with van der Waals surface area (Å²) in [4.78, 5) is 12.2. The van der Waals surface area contributed by atoms with Crippen molar-refractivity contribution >= 4 is 23.4 Å². The molecule has 0 aliphatic rings. The summed E-state index contributed by atoms with van der Waals surface area (Å²) in [5.41, 5.74) is 1.17. The largest absolute Gasteiger partial charge is 0.573 e. The molecule has 0 aliphatic carbocycles. The van der Waals surface area contributed by atoms with Gasteiger partial charge in [0.05, 0.1) is 12.9 Å². The number of ether oxygens (including phenoxy) is 2. The number of hydrogen-bond acceptors (Lipinski definition) is 6. The van der Waals surface area contributed by atoms with Crippen molar-refractivity contribution in [2.75, 3.05) is 18.2 Å². The number of amides is 1. The molecule has 0 aliphatic heterocycles. The Morgan fingerprint density at radius 1 is 1.07 bits per heavy atom. The summed E-state index contributed by atoms with van der Waals surface area (Å²) in [7, 11) is 1.58. The van der Waals surface area contributed by atoms with Crippen LogP contribution in [0.15, 0.2) is 53.7 Å². The van der Waals surface area contributed by atoms with Crippen LogP contribution in [-0.2, 0) is 4.79 Å². The Bertz CT molecular complexity index is 1010. The van der Waals surface area contributed by atoms with Crippen LogP contribution in [0.1, 0.15) is 5.82 Å². The van der Waals surface area contributed by atoms with E-state index in [1.54, 1.807) is 18.6 Å². The maximum Gasteiger partial charge on any atom is 0.573 e. The lowest BCUT2D eigenvalue weighted by molar-refractivity contribution is -0.274. The van der Waals surface area contributed by atoms with Gasteiger partial charge in [0, 0.05) is 11.4 Å². The molecule has 2 aromatic carbocycles. The molecule has 0 spiro atoms. The lowest BCUT2D eigenvalue weighted by Gasteiger charge is -2.10. The molecule has 0 saturated heterocycles. The van der Waals surface area contributed by atoms with Crippen LogP contribution in [-0.4, -0.2) is 39.9 Å². The summed E-state index contributed by atoms with van der Waals surface area (Å²) in [6.45, 7) is 1.80. The first-order valence-corrected chi connectivity index (χ1v) is 9.58. The predicted octanol–water partition coefficient (Wildman–Crippen LogP) is 4.21. The summed E-state index contributed by atoms with van der Waals surface area (Å²) < 4.78 is 47.3. The molecule has 1 amide bonds. The number of nitrogens with one attached hydrogen (secondary N) is 1. The third-order valence-corrected chi connectivity index (χ3v) is 4.76. The standard InChI is InChI=1S/C19H17F3N4O3S/c1-12-24-25-18(26(12)14-5-9-15(28-2)10-6-14)30-11-17(27)23-13-3-7-16(8-4-13)29-19(20,21)22/h3-10H,11H2,1-2H3,(H,23,27).